The van der Waals surface area contributed by atoms with Crippen molar-refractivity contribution in [3.8, 4) is 6.07 Å². The van der Waals surface area contributed by atoms with Crippen molar-refractivity contribution < 1.29 is 0 Å². The summed E-state index contributed by atoms with van der Waals surface area (Å²) in [6, 6.07) is 13.5. The van der Waals surface area contributed by atoms with Crippen molar-refractivity contribution in [3.05, 3.63) is 54.0 Å². The van der Waals surface area contributed by atoms with Crippen LogP contribution in [0.1, 0.15) is 49.1 Å². The van der Waals surface area contributed by atoms with Gasteiger partial charge in [0.15, 0.2) is 0 Å². The standard InChI is InChI=1S/C19H22N4/c20-12-4-7-17-13-21-14-22-19(17)23-18-10-8-16(9-11-18)15-5-2-1-3-6-15/h1-3,5-6,13-14,16,18H,4,7-11H2,(H,21,22,23). The Morgan fingerprint density at radius 1 is 1.13 bits per heavy atom. The second kappa shape index (κ2) is 7.73. The van der Waals surface area contributed by atoms with Crippen molar-refractivity contribution in [1.82, 2.24) is 9.97 Å². The maximum absolute atomic E-state index is 8.77. The van der Waals surface area contributed by atoms with E-state index in [1.165, 1.54) is 18.4 Å². The predicted molar refractivity (Wildman–Crippen MR) is 91.0 cm³/mol. The van der Waals surface area contributed by atoms with Crippen LogP contribution in [0.5, 0.6) is 0 Å². The van der Waals surface area contributed by atoms with Crippen LogP contribution in [0.25, 0.3) is 0 Å². The summed E-state index contributed by atoms with van der Waals surface area (Å²) in [6.45, 7) is 0. The average molecular weight is 306 g/mol. The highest BCUT2D eigenvalue weighted by Crippen LogP contribution is 2.34. The third-order valence-corrected chi connectivity index (χ3v) is 4.63. The second-order valence-corrected chi connectivity index (χ2v) is 6.16. The van der Waals surface area contributed by atoms with Gasteiger partial charge in [-0.05, 0) is 43.6 Å². The molecule has 4 nitrogen and oxygen atoms in total. The molecule has 1 aromatic carbocycles. The molecule has 0 aliphatic heterocycles. The third-order valence-electron chi connectivity index (χ3n) is 4.63. The van der Waals surface area contributed by atoms with Gasteiger partial charge in [0.1, 0.15) is 12.1 Å². The zero-order valence-electron chi connectivity index (χ0n) is 13.3. The van der Waals surface area contributed by atoms with Gasteiger partial charge in [0.25, 0.3) is 0 Å². The number of rotatable bonds is 5. The third kappa shape index (κ3) is 4.07. The molecule has 4 heteroatoms. The normalized spacial score (nSPS) is 20.7. The number of hydrogen-bond acceptors (Lipinski definition) is 4. The number of aryl methyl sites for hydroxylation is 1. The molecular formula is C19H22N4. The first-order chi connectivity index (χ1) is 11.4. The number of benzene rings is 1. The highest BCUT2D eigenvalue weighted by molar-refractivity contribution is 5.43. The second-order valence-electron chi connectivity index (χ2n) is 6.16. The van der Waals surface area contributed by atoms with Gasteiger partial charge in [0.05, 0.1) is 6.07 Å². The van der Waals surface area contributed by atoms with Gasteiger partial charge >= 0.3 is 0 Å². The van der Waals surface area contributed by atoms with Gasteiger partial charge in [-0.25, -0.2) is 9.97 Å². The molecule has 1 aliphatic carbocycles. The fourth-order valence-corrected chi connectivity index (χ4v) is 3.35. The smallest absolute Gasteiger partial charge is 0.132 e. The van der Waals surface area contributed by atoms with Crippen LogP contribution < -0.4 is 5.32 Å². The quantitative estimate of drug-likeness (QED) is 0.904. The Labute approximate surface area is 137 Å². The van der Waals surface area contributed by atoms with Crippen molar-refractivity contribution in [1.29, 1.82) is 5.26 Å². The van der Waals surface area contributed by atoms with E-state index in [0.717, 1.165) is 24.2 Å². The molecule has 1 N–H and O–H groups in total. The van der Waals surface area contributed by atoms with E-state index in [4.69, 9.17) is 5.26 Å². The van der Waals surface area contributed by atoms with Crippen LogP contribution in [-0.4, -0.2) is 16.0 Å². The Bertz CT molecular complexity index is 655. The van der Waals surface area contributed by atoms with Crippen molar-refractivity contribution in [2.45, 2.75) is 50.5 Å². The molecule has 1 aromatic heterocycles. The molecule has 0 radical (unpaired) electrons. The van der Waals surface area contributed by atoms with Gasteiger partial charge < -0.3 is 5.32 Å². The van der Waals surface area contributed by atoms with E-state index in [-0.39, 0.29) is 0 Å². The van der Waals surface area contributed by atoms with Crippen LogP contribution in [0.3, 0.4) is 0 Å². The minimum Gasteiger partial charge on any atom is -0.367 e. The largest absolute Gasteiger partial charge is 0.367 e. The Morgan fingerprint density at radius 2 is 1.91 bits per heavy atom. The molecule has 23 heavy (non-hydrogen) atoms. The van der Waals surface area contributed by atoms with Crippen LogP contribution in [0.15, 0.2) is 42.9 Å². The summed E-state index contributed by atoms with van der Waals surface area (Å²) < 4.78 is 0. The highest BCUT2D eigenvalue weighted by atomic mass is 15.0. The van der Waals surface area contributed by atoms with Crippen molar-refractivity contribution in [2.75, 3.05) is 5.32 Å². The van der Waals surface area contributed by atoms with Crippen molar-refractivity contribution >= 4 is 5.82 Å². The van der Waals surface area contributed by atoms with Crippen LogP contribution in [0, 0.1) is 11.3 Å². The summed E-state index contributed by atoms with van der Waals surface area (Å²) in [7, 11) is 0. The summed E-state index contributed by atoms with van der Waals surface area (Å²) in [6.07, 6.45) is 9.33. The molecule has 0 saturated heterocycles. The lowest BCUT2D eigenvalue weighted by molar-refractivity contribution is 0.411. The van der Waals surface area contributed by atoms with Gasteiger partial charge in [-0.3, -0.25) is 0 Å². The lowest BCUT2D eigenvalue weighted by Gasteiger charge is -2.30. The van der Waals surface area contributed by atoms with Crippen LogP contribution in [0.4, 0.5) is 5.82 Å². The number of hydrogen-bond donors (Lipinski definition) is 1. The Morgan fingerprint density at radius 3 is 2.65 bits per heavy atom. The molecule has 0 spiro atoms. The molecule has 1 saturated carbocycles. The van der Waals surface area contributed by atoms with E-state index in [0.29, 0.717) is 24.8 Å². The molecule has 0 atom stereocenters. The first-order valence-corrected chi connectivity index (χ1v) is 8.34. The fourth-order valence-electron chi connectivity index (χ4n) is 3.35. The maximum atomic E-state index is 8.77. The number of nitrogens with one attached hydrogen (secondary N) is 1. The number of nitriles is 1. The molecule has 3 rings (SSSR count). The van der Waals surface area contributed by atoms with Crippen LogP contribution in [0.2, 0.25) is 0 Å². The summed E-state index contributed by atoms with van der Waals surface area (Å²) in [4.78, 5) is 8.45. The molecule has 1 aliphatic rings. The van der Waals surface area contributed by atoms with E-state index in [1.54, 1.807) is 6.33 Å². The maximum Gasteiger partial charge on any atom is 0.132 e. The van der Waals surface area contributed by atoms with Gasteiger partial charge in [-0.2, -0.15) is 5.26 Å². The topological polar surface area (TPSA) is 61.6 Å². The average Bonchev–Trinajstić information content (AvgIpc) is 2.62. The van der Waals surface area contributed by atoms with E-state index >= 15 is 0 Å². The van der Waals surface area contributed by atoms with Gasteiger partial charge in [0, 0.05) is 24.2 Å². The lowest BCUT2D eigenvalue weighted by Crippen LogP contribution is -2.26. The fraction of sp³-hybridized carbons (Fsp3) is 0.421. The van der Waals surface area contributed by atoms with Crippen LogP contribution in [-0.2, 0) is 6.42 Å². The molecule has 1 heterocycles. The number of nitrogens with zero attached hydrogens (tertiary/aromatic N) is 3. The summed E-state index contributed by atoms with van der Waals surface area (Å²) >= 11 is 0. The molecule has 2 aromatic rings. The highest BCUT2D eigenvalue weighted by Gasteiger charge is 2.22. The monoisotopic (exact) mass is 306 g/mol. The molecule has 0 amide bonds. The van der Waals surface area contributed by atoms with E-state index < -0.39 is 0 Å². The Hall–Kier alpha value is -2.41. The van der Waals surface area contributed by atoms with E-state index in [2.05, 4.69) is 51.7 Å². The Balaban J connectivity index is 1.58. The predicted octanol–water partition coefficient (Wildman–Crippen LogP) is 4.07. The first kappa shape index (κ1) is 15.5. The summed E-state index contributed by atoms with van der Waals surface area (Å²) in [5.41, 5.74) is 2.50. The number of anilines is 1. The van der Waals surface area contributed by atoms with Crippen molar-refractivity contribution in [3.63, 3.8) is 0 Å². The molecule has 1 fully saturated rings. The van der Waals surface area contributed by atoms with Crippen molar-refractivity contribution in [2.24, 2.45) is 0 Å². The first-order valence-electron chi connectivity index (χ1n) is 8.34. The van der Waals surface area contributed by atoms with Gasteiger partial charge in [-0.15, -0.1) is 0 Å². The minimum absolute atomic E-state index is 0.464. The molecule has 118 valence electrons. The molecule has 0 unspecified atom stereocenters. The van der Waals surface area contributed by atoms with Crippen LogP contribution >= 0.6 is 0 Å². The minimum atomic E-state index is 0.464. The summed E-state index contributed by atoms with van der Waals surface area (Å²) in [5, 5.41) is 12.3. The number of aromatic nitrogens is 2. The molecule has 0 bridgehead atoms. The zero-order chi connectivity index (χ0) is 15.9. The zero-order valence-corrected chi connectivity index (χ0v) is 13.3. The van der Waals surface area contributed by atoms with Gasteiger partial charge in [-0.1, -0.05) is 30.3 Å². The SMILES string of the molecule is N#CCCc1cncnc1NC1CCC(c2ccccc2)CC1. The summed E-state index contributed by atoms with van der Waals surface area (Å²) in [5.74, 6) is 1.58. The van der Waals surface area contributed by atoms with E-state index in [1.807, 2.05) is 6.20 Å². The van der Waals surface area contributed by atoms with E-state index in [9.17, 15) is 0 Å². The Kier molecular flexibility index (Phi) is 5.21. The van der Waals surface area contributed by atoms with Gasteiger partial charge in [0.2, 0.25) is 0 Å². The molecular weight excluding hydrogens is 284 g/mol. The lowest BCUT2D eigenvalue weighted by atomic mass is 9.82.